The molecule has 6 nitrogen and oxygen atoms in total. The van der Waals surface area contributed by atoms with E-state index in [1.165, 1.54) is 19.1 Å². The van der Waals surface area contributed by atoms with Gasteiger partial charge in [-0.3, -0.25) is 10.2 Å². The lowest BCUT2D eigenvalue weighted by Crippen LogP contribution is -2.50. The van der Waals surface area contributed by atoms with Crippen molar-refractivity contribution < 1.29 is 27.9 Å². The number of likely N-dealkylation sites (tertiary alicyclic amines) is 1. The van der Waals surface area contributed by atoms with Crippen LogP contribution in [0.5, 0.6) is 0 Å². The summed E-state index contributed by atoms with van der Waals surface area (Å²) in [6.07, 6.45) is -5.52. The predicted octanol–water partition coefficient (Wildman–Crippen LogP) is 0.512. The first-order valence-electron chi connectivity index (χ1n) is 5.13. The number of carboxylic acids is 1. The Morgan fingerprint density at radius 3 is 2.28 bits per heavy atom. The molecule has 0 saturated carbocycles. The molecule has 18 heavy (non-hydrogen) atoms. The molecule has 1 atom stereocenters. The normalized spacial score (nSPS) is 24.4. The molecule has 2 amide bonds. The molecule has 1 saturated heterocycles. The monoisotopic (exact) mass is 269 g/mol. The van der Waals surface area contributed by atoms with Crippen molar-refractivity contribution in [2.75, 3.05) is 27.2 Å². The van der Waals surface area contributed by atoms with Crippen molar-refractivity contribution in [3.63, 3.8) is 0 Å². The zero-order valence-electron chi connectivity index (χ0n) is 9.91. The maximum absolute atomic E-state index is 12.8. The maximum atomic E-state index is 12.8. The van der Waals surface area contributed by atoms with Crippen LogP contribution in [0.15, 0.2) is 0 Å². The Bertz CT molecular complexity index is 359. The lowest BCUT2D eigenvalue weighted by Gasteiger charge is -2.27. The van der Waals surface area contributed by atoms with E-state index < -0.39 is 36.6 Å². The number of aliphatic carboxylic acids is 1. The van der Waals surface area contributed by atoms with Crippen LogP contribution in [0.25, 0.3) is 0 Å². The van der Waals surface area contributed by atoms with E-state index >= 15 is 0 Å². The minimum Gasteiger partial charge on any atom is -0.481 e. The Labute approximate surface area is 101 Å². The van der Waals surface area contributed by atoms with Crippen molar-refractivity contribution in [3.05, 3.63) is 0 Å². The van der Waals surface area contributed by atoms with Gasteiger partial charge in [-0.1, -0.05) is 0 Å². The molecule has 1 fully saturated rings. The second kappa shape index (κ2) is 4.63. The summed E-state index contributed by atoms with van der Waals surface area (Å²) in [7, 11) is 3.00. The molecule has 104 valence electrons. The number of nitrogens with zero attached hydrogens (tertiary/aromatic N) is 2. The van der Waals surface area contributed by atoms with Crippen LogP contribution in [0.2, 0.25) is 0 Å². The summed E-state index contributed by atoms with van der Waals surface area (Å²) >= 11 is 0. The fourth-order valence-corrected chi connectivity index (χ4v) is 1.77. The Morgan fingerprint density at radius 1 is 1.39 bits per heavy atom. The molecule has 0 radical (unpaired) electrons. The lowest BCUT2D eigenvalue weighted by molar-refractivity contribution is -0.227. The van der Waals surface area contributed by atoms with E-state index in [4.69, 9.17) is 5.11 Å². The van der Waals surface area contributed by atoms with Crippen LogP contribution in [0, 0.1) is 5.41 Å². The van der Waals surface area contributed by atoms with Crippen LogP contribution in [-0.4, -0.2) is 60.4 Å². The second-order valence-corrected chi connectivity index (χ2v) is 4.37. The molecule has 1 heterocycles. The smallest absolute Gasteiger partial charge is 0.406 e. The van der Waals surface area contributed by atoms with Gasteiger partial charge < -0.3 is 10.0 Å². The van der Waals surface area contributed by atoms with Gasteiger partial charge in [0.2, 0.25) is 0 Å². The number of alkyl halides is 3. The first kappa shape index (κ1) is 14.6. The summed E-state index contributed by atoms with van der Waals surface area (Å²) in [4.78, 5) is 23.2. The average molecular weight is 269 g/mol. The van der Waals surface area contributed by atoms with Gasteiger partial charge in [-0.15, -0.1) is 0 Å². The van der Waals surface area contributed by atoms with E-state index in [0.29, 0.717) is 0 Å². The van der Waals surface area contributed by atoms with Crippen molar-refractivity contribution in [1.29, 1.82) is 0 Å². The Balaban J connectivity index is 2.85. The minimum absolute atomic E-state index is 0.245. The topological polar surface area (TPSA) is 72.9 Å². The highest BCUT2D eigenvalue weighted by atomic mass is 19.4. The van der Waals surface area contributed by atoms with E-state index in [9.17, 15) is 22.8 Å². The first-order valence-corrected chi connectivity index (χ1v) is 5.13. The number of carbonyl (C=O) groups excluding carboxylic acids is 1. The second-order valence-electron chi connectivity index (χ2n) is 4.37. The Hall–Kier alpha value is -1.51. The van der Waals surface area contributed by atoms with Crippen molar-refractivity contribution in [2.24, 2.45) is 5.41 Å². The molecule has 0 aliphatic carbocycles. The summed E-state index contributed by atoms with van der Waals surface area (Å²) in [5.41, 5.74) is -0.592. The minimum atomic E-state index is -4.88. The summed E-state index contributed by atoms with van der Waals surface area (Å²) in [6, 6.07) is -0.743. The molecule has 0 aromatic carbocycles. The molecule has 1 rings (SSSR count). The van der Waals surface area contributed by atoms with Gasteiger partial charge in [0, 0.05) is 27.2 Å². The summed E-state index contributed by atoms with van der Waals surface area (Å²) < 4.78 is 38.4. The van der Waals surface area contributed by atoms with E-state index in [-0.39, 0.29) is 6.54 Å². The van der Waals surface area contributed by atoms with Crippen molar-refractivity contribution >= 4 is 12.0 Å². The molecular weight excluding hydrogens is 255 g/mol. The number of hydrogen-bond acceptors (Lipinski definition) is 3. The van der Waals surface area contributed by atoms with Crippen LogP contribution >= 0.6 is 0 Å². The number of rotatable bonds is 2. The van der Waals surface area contributed by atoms with Crippen LogP contribution in [0.4, 0.5) is 18.0 Å². The molecule has 0 spiro atoms. The molecule has 1 unspecified atom stereocenters. The summed E-state index contributed by atoms with van der Waals surface area (Å²) in [6.45, 7) is -1.11. The van der Waals surface area contributed by atoms with E-state index in [1.807, 2.05) is 0 Å². The number of nitrogens with one attached hydrogen (secondary N) is 1. The fraction of sp³-hybridized carbons (Fsp3) is 0.778. The number of halogens is 3. The third-order valence-electron chi connectivity index (χ3n) is 2.83. The number of carbonyl (C=O) groups is 2. The number of carboxylic acid groups (broad SMARTS) is 1. The zero-order valence-corrected chi connectivity index (χ0v) is 9.91. The molecule has 9 heteroatoms. The third-order valence-corrected chi connectivity index (χ3v) is 2.83. The largest absolute Gasteiger partial charge is 0.481 e. The quantitative estimate of drug-likeness (QED) is 0.716. The van der Waals surface area contributed by atoms with Gasteiger partial charge in [-0.2, -0.15) is 13.2 Å². The van der Waals surface area contributed by atoms with Crippen LogP contribution < -0.4 is 5.43 Å². The van der Waals surface area contributed by atoms with Gasteiger partial charge in [0.25, 0.3) is 0 Å². The highest BCUT2D eigenvalue weighted by molar-refractivity contribution is 5.80. The molecule has 0 aromatic heterocycles. The van der Waals surface area contributed by atoms with Crippen LogP contribution in [0.1, 0.15) is 6.42 Å². The van der Waals surface area contributed by atoms with Crippen LogP contribution in [0.3, 0.4) is 0 Å². The van der Waals surface area contributed by atoms with Crippen LogP contribution in [-0.2, 0) is 4.79 Å². The SMILES string of the molecule is CN(C)NC(=O)N1CCC(C(=O)O)(C(F)(F)F)C1. The number of hydrogen-bond donors (Lipinski definition) is 2. The molecular formula is C9H14F3N3O3. The average Bonchev–Trinajstić information content (AvgIpc) is 2.60. The molecule has 0 bridgehead atoms. The Kier molecular flexibility index (Phi) is 3.75. The molecule has 0 aromatic rings. The molecule has 2 N–H and O–H groups in total. The predicted molar refractivity (Wildman–Crippen MR) is 54.5 cm³/mol. The standard InChI is InChI=1S/C9H14F3N3O3/c1-14(2)13-7(18)15-4-3-8(5-15,6(16)17)9(10,11)12/h3-5H2,1-2H3,(H,13,18)(H,16,17). The third kappa shape index (κ3) is 2.50. The van der Waals surface area contributed by atoms with E-state index in [2.05, 4.69) is 5.43 Å². The van der Waals surface area contributed by atoms with Crippen molar-refractivity contribution in [2.45, 2.75) is 12.6 Å². The zero-order chi connectivity index (χ0) is 14.1. The summed E-state index contributed by atoms with van der Waals surface area (Å²) in [5, 5.41) is 10.1. The Morgan fingerprint density at radius 2 is 1.94 bits per heavy atom. The number of urea groups is 1. The van der Waals surface area contributed by atoms with Crippen molar-refractivity contribution in [3.8, 4) is 0 Å². The first-order chi connectivity index (χ1) is 8.10. The van der Waals surface area contributed by atoms with Gasteiger partial charge in [0.05, 0.1) is 0 Å². The lowest BCUT2D eigenvalue weighted by atomic mass is 9.86. The maximum Gasteiger partial charge on any atom is 0.406 e. The van der Waals surface area contributed by atoms with Gasteiger partial charge >= 0.3 is 18.2 Å². The van der Waals surface area contributed by atoms with Gasteiger partial charge in [-0.05, 0) is 6.42 Å². The number of hydrazine groups is 1. The van der Waals surface area contributed by atoms with Crippen molar-refractivity contribution in [1.82, 2.24) is 15.3 Å². The summed E-state index contributed by atoms with van der Waals surface area (Å²) in [5.74, 6) is -1.95. The van der Waals surface area contributed by atoms with E-state index in [0.717, 1.165) is 4.90 Å². The number of amides is 2. The molecule has 1 aliphatic rings. The fourth-order valence-electron chi connectivity index (χ4n) is 1.77. The molecule has 1 aliphatic heterocycles. The van der Waals surface area contributed by atoms with Gasteiger partial charge in [0.1, 0.15) is 0 Å². The van der Waals surface area contributed by atoms with Gasteiger partial charge in [-0.25, -0.2) is 9.80 Å². The highest BCUT2D eigenvalue weighted by Gasteiger charge is 2.64. The van der Waals surface area contributed by atoms with Gasteiger partial charge in [0.15, 0.2) is 5.41 Å². The highest BCUT2D eigenvalue weighted by Crippen LogP contribution is 2.45. The van der Waals surface area contributed by atoms with E-state index in [1.54, 1.807) is 0 Å².